The Labute approximate surface area is 211 Å². The summed E-state index contributed by atoms with van der Waals surface area (Å²) < 4.78 is 42.3. The monoisotopic (exact) mass is 519 g/mol. The van der Waals surface area contributed by atoms with Crippen LogP contribution in [0, 0.1) is 18.2 Å². The number of anilines is 1. The van der Waals surface area contributed by atoms with Crippen LogP contribution in [0.15, 0.2) is 47.4 Å². The number of carbonyl (C=O) groups excluding carboxylic acids is 1. The lowest BCUT2D eigenvalue weighted by atomic mass is 9.88. The van der Waals surface area contributed by atoms with E-state index in [1.165, 1.54) is 24.3 Å². The lowest BCUT2D eigenvalue weighted by Crippen LogP contribution is -2.53. The Kier molecular flexibility index (Phi) is 8.40. The summed E-state index contributed by atoms with van der Waals surface area (Å²) in [5, 5.41) is 12.2. The van der Waals surface area contributed by atoms with Gasteiger partial charge in [0.25, 0.3) is 0 Å². The zero-order chi connectivity index (χ0) is 26.7. The summed E-state index contributed by atoms with van der Waals surface area (Å²) in [5.74, 6) is -2.02. The summed E-state index contributed by atoms with van der Waals surface area (Å²) in [5.41, 5.74) is 2.00. The normalized spacial score (nSPS) is 15.3. The Morgan fingerprint density at radius 3 is 2.53 bits per heavy atom. The molecule has 2 aromatic carbocycles. The maximum absolute atomic E-state index is 13.6. The maximum atomic E-state index is 13.6. The molecule has 0 spiro atoms. The number of carboxylic acids is 1. The van der Waals surface area contributed by atoms with Gasteiger partial charge in [0.2, 0.25) is 15.9 Å². The molecule has 3 N–H and O–H groups in total. The first kappa shape index (κ1) is 27.6. The molecule has 0 saturated carbocycles. The first-order valence-electron chi connectivity index (χ1n) is 11.9. The molecule has 3 rings (SSSR count). The second-order valence-corrected chi connectivity index (χ2v) is 12.2. The Hall–Kier alpha value is -2.98. The quantitative estimate of drug-likeness (QED) is 0.444. The van der Waals surface area contributed by atoms with Gasteiger partial charge in [0.1, 0.15) is 11.9 Å². The van der Waals surface area contributed by atoms with Crippen LogP contribution >= 0.6 is 0 Å². The van der Waals surface area contributed by atoms with E-state index in [1.807, 2.05) is 25.7 Å². The van der Waals surface area contributed by atoms with Crippen molar-refractivity contribution in [2.24, 2.45) is 5.41 Å². The van der Waals surface area contributed by atoms with E-state index in [4.69, 9.17) is 0 Å². The fourth-order valence-corrected chi connectivity index (χ4v) is 5.71. The number of hydrogen-bond donors (Lipinski definition) is 3. The Bertz CT molecular complexity index is 1230. The van der Waals surface area contributed by atoms with E-state index in [-0.39, 0.29) is 30.1 Å². The first-order valence-corrected chi connectivity index (χ1v) is 13.4. The van der Waals surface area contributed by atoms with Crippen molar-refractivity contribution in [1.82, 2.24) is 10.0 Å². The molecule has 2 unspecified atom stereocenters. The highest BCUT2D eigenvalue weighted by Gasteiger charge is 2.32. The van der Waals surface area contributed by atoms with Gasteiger partial charge in [-0.2, -0.15) is 4.72 Å². The highest BCUT2D eigenvalue weighted by molar-refractivity contribution is 7.89. The minimum atomic E-state index is -4.00. The smallest absolute Gasteiger partial charge is 0.305 e. The van der Waals surface area contributed by atoms with Gasteiger partial charge >= 0.3 is 5.97 Å². The van der Waals surface area contributed by atoms with Crippen molar-refractivity contribution >= 4 is 27.6 Å². The zero-order valence-corrected chi connectivity index (χ0v) is 21.9. The van der Waals surface area contributed by atoms with Gasteiger partial charge in [-0.3, -0.25) is 9.59 Å². The number of hydrogen-bond acceptors (Lipinski definition) is 5. The Morgan fingerprint density at radius 1 is 1.17 bits per heavy atom. The number of amides is 1. The highest BCUT2D eigenvalue weighted by Crippen LogP contribution is 2.29. The van der Waals surface area contributed by atoms with Crippen LogP contribution in [0.25, 0.3) is 0 Å². The topological polar surface area (TPSA) is 116 Å². The minimum absolute atomic E-state index is 0.0530. The third-order valence-electron chi connectivity index (χ3n) is 5.97. The molecule has 36 heavy (non-hydrogen) atoms. The number of nitrogens with zero attached hydrogens (tertiary/aromatic N) is 1. The number of fused-ring (bicyclic) bond motifs is 1. The molecule has 10 heteroatoms. The molecule has 0 saturated heterocycles. The zero-order valence-electron chi connectivity index (χ0n) is 21.0. The predicted molar refractivity (Wildman–Crippen MR) is 136 cm³/mol. The number of halogens is 1. The molecule has 1 aliphatic heterocycles. The van der Waals surface area contributed by atoms with Crippen molar-refractivity contribution in [2.75, 3.05) is 18.0 Å². The maximum Gasteiger partial charge on any atom is 0.305 e. The number of aryl methyl sites for hydroxylation is 1. The highest BCUT2D eigenvalue weighted by atomic mass is 32.2. The van der Waals surface area contributed by atoms with Gasteiger partial charge in [0, 0.05) is 18.8 Å². The van der Waals surface area contributed by atoms with Crippen molar-refractivity contribution in [2.45, 2.75) is 63.9 Å². The van der Waals surface area contributed by atoms with E-state index in [0.29, 0.717) is 13.0 Å². The molecule has 0 aliphatic carbocycles. The van der Waals surface area contributed by atoms with Crippen LogP contribution in [0.3, 0.4) is 0 Å². The van der Waals surface area contributed by atoms with Crippen molar-refractivity contribution in [3.05, 3.63) is 59.4 Å². The minimum Gasteiger partial charge on any atom is -0.481 e. The molecule has 0 aromatic heterocycles. The van der Waals surface area contributed by atoms with Crippen molar-refractivity contribution in [1.29, 1.82) is 0 Å². The van der Waals surface area contributed by atoms with Crippen LogP contribution in [0.1, 0.15) is 44.7 Å². The average molecular weight is 520 g/mol. The van der Waals surface area contributed by atoms with Gasteiger partial charge in [0.05, 0.1) is 17.4 Å². The number of aliphatic carboxylic acids is 1. The first-order chi connectivity index (χ1) is 16.7. The summed E-state index contributed by atoms with van der Waals surface area (Å²) in [7, 11) is -4.00. The second kappa shape index (κ2) is 11.0. The van der Waals surface area contributed by atoms with E-state index in [0.717, 1.165) is 16.8 Å². The van der Waals surface area contributed by atoms with Crippen LogP contribution < -0.4 is 14.9 Å². The lowest BCUT2D eigenvalue weighted by Gasteiger charge is -2.30. The van der Waals surface area contributed by atoms with Crippen LogP contribution in [0.5, 0.6) is 0 Å². The van der Waals surface area contributed by atoms with E-state index in [2.05, 4.69) is 10.0 Å². The molecular formula is C26H34FN3O5S. The van der Waals surface area contributed by atoms with Gasteiger partial charge < -0.3 is 15.3 Å². The number of nitrogens with one attached hydrogen (secondary N) is 2. The van der Waals surface area contributed by atoms with E-state index >= 15 is 0 Å². The molecule has 1 aliphatic rings. The summed E-state index contributed by atoms with van der Waals surface area (Å²) >= 11 is 0. The molecular weight excluding hydrogens is 485 g/mol. The molecule has 2 aromatic rings. The predicted octanol–water partition coefficient (Wildman–Crippen LogP) is 3.24. The molecule has 1 heterocycles. The van der Waals surface area contributed by atoms with Crippen LogP contribution in [-0.2, 0) is 26.0 Å². The Morgan fingerprint density at radius 2 is 1.89 bits per heavy atom. The summed E-state index contributed by atoms with van der Waals surface area (Å²) in [6.45, 7) is 8.22. The fraction of sp³-hybridized carbons (Fsp3) is 0.462. The van der Waals surface area contributed by atoms with Gasteiger partial charge in [0.15, 0.2) is 0 Å². The second-order valence-electron chi connectivity index (χ2n) is 10.5. The largest absolute Gasteiger partial charge is 0.481 e. The van der Waals surface area contributed by atoms with Gasteiger partial charge in [-0.05, 0) is 66.6 Å². The van der Waals surface area contributed by atoms with Crippen LogP contribution in [0.4, 0.5) is 10.1 Å². The third kappa shape index (κ3) is 7.51. The molecule has 1 amide bonds. The molecule has 0 radical (unpaired) electrons. The number of carboxylic acid groups (broad SMARTS) is 1. The lowest BCUT2D eigenvalue weighted by molar-refractivity contribution is -0.137. The summed E-state index contributed by atoms with van der Waals surface area (Å²) in [6, 6.07) is 8.96. The Balaban J connectivity index is 1.80. The third-order valence-corrected chi connectivity index (χ3v) is 7.44. The summed E-state index contributed by atoms with van der Waals surface area (Å²) in [4.78, 5) is 26.9. The molecule has 0 bridgehead atoms. The fourth-order valence-electron chi connectivity index (χ4n) is 4.41. The number of benzene rings is 2. The van der Waals surface area contributed by atoms with Crippen molar-refractivity contribution < 1.29 is 27.5 Å². The molecule has 0 fully saturated rings. The number of sulfonamides is 1. The van der Waals surface area contributed by atoms with Gasteiger partial charge in [-0.25, -0.2) is 12.8 Å². The number of carbonyl (C=O) groups is 2. The molecule has 2 atom stereocenters. The van der Waals surface area contributed by atoms with E-state index < -0.39 is 39.4 Å². The van der Waals surface area contributed by atoms with Crippen molar-refractivity contribution in [3.8, 4) is 0 Å². The van der Waals surface area contributed by atoms with Crippen molar-refractivity contribution in [3.63, 3.8) is 0 Å². The number of rotatable bonds is 10. The summed E-state index contributed by atoms with van der Waals surface area (Å²) in [6.07, 6.45) is 0.477. The standard InChI is InChI=1S/C26H34FN3O5S/c1-17-6-5-7-21(12-17)36(34,35)29-22(15-26(2,3)4)25(33)28-20(14-24(31)32)16-30-11-10-18-13-19(27)8-9-23(18)30/h5-9,12-13,20,22,29H,10-11,14-16H2,1-4H3,(H,28,33)(H,31,32). The average Bonchev–Trinajstić information content (AvgIpc) is 3.13. The molecule has 196 valence electrons. The SMILES string of the molecule is Cc1cccc(S(=O)(=O)NC(CC(C)(C)C)C(=O)NC(CC(=O)O)CN2CCc3cc(F)ccc32)c1. The van der Waals surface area contributed by atoms with Crippen LogP contribution in [-0.4, -0.2) is 50.6 Å². The van der Waals surface area contributed by atoms with E-state index in [1.54, 1.807) is 25.1 Å². The van der Waals surface area contributed by atoms with Gasteiger partial charge in [-0.1, -0.05) is 32.9 Å². The van der Waals surface area contributed by atoms with Gasteiger partial charge in [-0.15, -0.1) is 0 Å². The molecule has 8 nitrogen and oxygen atoms in total. The van der Waals surface area contributed by atoms with E-state index in [9.17, 15) is 27.5 Å². The van der Waals surface area contributed by atoms with Crippen LogP contribution in [0.2, 0.25) is 0 Å².